The van der Waals surface area contributed by atoms with Crippen molar-refractivity contribution in [1.82, 2.24) is 9.88 Å². The average Bonchev–Trinajstić information content (AvgIpc) is 3.13. The number of rotatable bonds is 5. The van der Waals surface area contributed by atoms with Crippen LogP contribution >= 0.6 is 22.7 Å². The zero-order valence-electron chi connectivity index (χ0n) is 12.7. The zero-order valence-corrected chi connectivity index (χ0v) is 14.3. The van der Waals surface area contributed by atoms with E-state index in [1.165, 1.54) is 43.4 Å². The van der Waals surface area contributed by atoms with Crippen molar-refractivity contribution in [2.24, 2.45) is 0 Å². The molecule has 1 fully saturated rings. The Bertz CT molecular complexity index is 604. The summed E-state index contributed by atoms with van der Waals surface area (Å²) in [7, 11) is 0. The third-order valence-electron chi connectivity index (χ3n) is 4.26. The normalized spacial score (nSPS) is 16.5. The van der Waals surface area contributed by atoms with Crippen LogP contribution in [0.25, 0.3) is 9.88 Å². The molecular formula is C17H21N3S2. The molecule has 3 nitrogen and oxygen atoms in total. The van der Waals surface area contributed by atoms with Crippen LogP contribution in [0.5, 0.6) is 0 Å². The third kappa shape index (κ3) is 3.95. The van der Waals surface area contributed by atoms with E-state index < -0.39 is 0 Å². The van der Waals surface area contributed by atoms with Crippen LogP contribution in [0, 0.1) is 11.3 Å². The predicted octanol–water partition coefficient (Wildman–Crippen LogP) is 4.92. The molecule has 22 heavy (non-hydrogen) atoms. The lowest BCUT2D eigenvalue weighted by molar-refractivity contribution is 0.190. The molecule has 3 rings (SSSR count). The van der Waals surface area contributed by atoms with E-state index in [0.717, 1.165) is 17.2 Å². The van der Waals surface area contributed by atoms with Crippen LogP contribution in [0.2, 0.25) is 0 Å². The van der Waals surface area contributed by atoms with E-state index >= 15 is 0 Å². The summed E-state index contributed by atoms with van der Waals surface area (Å²) < 4.78 is 0. The second kappa shape index (κ2) is 7.87. The average molecular weight is 332 g/mol. The smallest absolute Gasteiger partial charge is 0.133 e. The zero-order chi connectivity index (χ0) is 15.2. The van der Waals surface area contributed by atoms with Gasteiger partial charge >= 0.3 is 0 Å². The van der Waals surface area contributed by atoms with Gasteiger partial charge in [0.1, 0.15) is 5.01 Å². The first kappa shape index (κ1) is 15.7. The van der Waals surface area contributed by atoms with E-state index in [-0.39, 0.29) is 0 Å². The Kier molecular flexibility index (Phi) is 5.60. The molecule has 0 saturated heterocycles. The van der Waals surface area contributed by atoms with Gasteiger partial charge in [-0.15, -0.1) is 22.7 Å². The molecule has 0 N–H and O–H groups in total. The van der Waals surface area contributed by atoms with Gasteiger partial charge in [-0.25, -0.2) is 4.98 Å². The van der Waals surface area contributed by atoms with E-state index in [2.05, 4.69) is 33.9 Å². The number of aromatic nitrogens is 1. The van der Waals surface area contributed by atoms with Gasteiger partial charge in [-0.1, -0.05) is 31.7 Å². The highest BCUT2D eigenvalue weighted by Gasteiger charge is 2.21. The Morgan fingerprint density at radius 3 is 2.73 bits per heavy atom. The van der Waals surface area contributed by atoms with Gasteiger partial charge in [0.25, 0.3) is 0 Å². The molecule has 116 valence electrons. The van der Waals surface area contributed by atoms with Gasteiger partial charge in [-0.05, 0) is 24.3 Å². The van der Waals surface area contributed by atoms with Crippen molar-refractivity contribution in [1.29, 1.82) is 5.26 Å². The van der Waals surface area contributed by atoms with Gasteiger partial charge in [0.15, 0.2) is 0 Å². The first-order valence-corrected chi connectivity index (χ1v) is 9.72. The fourth-order valence-corrected chi connectivity index (χ4v) is 4.75. The lowest BCUT2D eigenvalue weighted by atomic mass is 10.1. The molecule has 0 amide bonds. The summed E-state index contributed by atoms with van der Waals surface area (Å²) in [5.41, 5.74) is 1.10. The molecule has 2 heterocycles. The summed E-state index contributed by atoms with van der Waals surface area (Å²) >= 11 is 3.44. The molecule has 0 aliphatic heterocycles. The van der Waals surface area contributed by atoms with E-state index in [1.807, 2.05) is 0 Å². The summed E-state index contributed by atoms with van der Waals surface area (Å²) in [5.74, 6) is 0. The van der Waals surface area contributed by atoms with Crippen LogP contribution < -0.4 is 0 Å². The molecule has 0 unspecified atom stereocenters. The molecule has 1 saturated carbocycles. The van der Waals surface area contributed by atoms with Crippen LogP contribution in [-0.4, -0.2) is 22.5 Å². The van der Waals surface area contributed by atoms with Crippen LogP contribution in [0.1, 0.15) is 44.2 Å². The highest BCUT2D eigenvalue weighted by Crippen LogP contribution is 2.29. The fraction of sp³-hybridized carbons (Fsp3) is 0.529. The van der Waals surface area contributed by atoms with Gasteiger partial charge in [-0.2, -0.15) is 5.26 Å². The third-order valence-corrected chi connectivity index (χ3v) is 6.19. The monoisotopic (exact) mass is 331 g/mol. The largest absolute Gasteiger partial charge is 0.282 e. The standard InChI is InChI=1S/C17H21N3S2/c18-9-10-20(15-6-3-1-2-4-7-15)12-14-13-22-17(19-14)16-8-5-11-21-16/h5,8,11,13,15H,1-4,6-7,10,12H2. The summed E-state index contributed by atoms with van der Waals surface area (Å²) in [6, 6.07) is 7.07. The molecule has 1 aliphatic rings. The summed E-state index contributed by atoms with van der Waals surface area (Å²) in [4.78, 5) is 8.34. The quantitative estimate of drug-likeness (QED) is 0.576. The van der Waals surface area contributed by atoms with Crippen molar-refractivity contribution in [2.45, 2.75) is 51.1 Å². The number of thiophene rings is 1. The van der Waals surface area contributed by atoms with Crippen molar-refractivity contribution in [2.75, 3.05) is 6.54 Å². The minimum Gasteiger partial charge on any atom is -0.282 e. The molecule has 0 spiro atoms. The molecule has 0 bridgehead atoms. The molecular weight excluding hydrogens is 310 g/mol. The summed E-state index contributed by atoms with van der Waals surface area (Å²) in [6.45, 7) is 1.32. The van der Waals surface area contributed by atoms with E-state index in [4.69, 9.17) is 10.2 Å². The topological polar surface area (TPSA) is 39.9 Å². The van der Waals surface area contributed by atoms with Gasteiger partial charge in [-0.3, -0.25) is 4.90 Å². The van der Waals surface area contributed by atoms with Crippen molar-refractivity contribution in [3.05, 3.63) is 28.6 Å². The number of nitriles is 1. The highest BCUT2D eigenvalue weighted by molar-refractivity contribution is 7.20. The van der Waals surface area contributed by atoms with Gasteiger partial charge in [0.05, 0.1) is 23.2 Å². The highest BCUT2D eigenvalue weighted by atomic mass is 32.1. The van der Waals surface area contributed by atoms with E-state index in [9.17, 15) is 0 Å². The summed E-state index contributed by atoms with van der Waals surface area (Å²) in [5, 5.41) is 14.5. The summed E-state index contributed by atoms with van der Waals surface area (Å²) in [6.07, 6.45) is 7.73. The maximum Gasteiger partial charge on any atom is 0.133 e. The molecule has 0 aromatic carbocycles. The second-order valence-corrected chi connectivity index (χ2v) is 7.64. The lowest BCUT2D eigenvalue weighted by Crippen LogP contribution is -2.35. The van der Waals surface area contributed by atoms with Gasteiger partial charge in [0, 0.05) is 18.0 Å². The minimum absolute atomic E-state index is 0.510. The van der Waals surface area contributed by atoms with Crippen molar-refractivity contribution >= 4 is 22.7 Å². The van der Waals surface area contributed by atoms with Crippen LogP contribution in [0.4, 0.5) is 0 Å². The Balaban J connectivity index is 1.69. The Hall–Kier alpha value is -1.22. The van der Waals surface area contributed by atoms with E-state index in [0.29, 0.717) is 12.6 Å². The Labute approximate surface area is 140 Å². The van der Waals surface area contributed by atoms with Crippen molar-refractivity contribution in [3.63, 3.8) is 0 Å². The molecule has 0 atom stereocenters. The fourth-order valence-electron chi connectivity index (χ4n) is 3.13. The van der Waals surface area contributed by atoms with Gasteiger partial charge in [0.2, 0.25) is 0 Å². The minimum atomic E-state index is 0.510. The molecule has 0 radical (unpaired) electrons. The van der Waals surface area contributed by atoms with Crippen molar-refractivity contribution < 1.29 is 0 Å². The van der Waals surface area contributed by atoms with Crippen molar-refractivity contribution in [3.8, 4) is 16.0 Å². The van der Waals surface area contributed by atoms with Gasteiger partial charge < -0.3 is 0 Å². The maximum atomic E-state index is 9.16. The number of nitrogens with zero attached hydrogens (tertiary/aromatic N) is 3. The molecule has 2 aromatic heterocycles. The van der Waals surface area contributed by atoms with Crippen LogP contribution in [0.15, 0.2) is 22.9 Å². The maximum absolute atomic E-state index is 9.16. The van der Waals surface area contributed by atoms with Crippen LogP contribution in [0.3, 0.4) is 0 Å². The number of hydrogen-bond acceptors (Lipinski definition) is 5. The second-order valence-electron chi connectivity index (χ2n) is 5.83. The van der Waals surface area contributed by atoms with Crippen LogP contribution in [-0.2, 0) is 6.54 Å². The molecule has 5 heteroatoms. The Morgan fingerprint density at radius 2 is 2.05 bits per heavy atom. The lowest BCUT2D eigenvalue weighted by Gasteiger charge is -2.28. The van der Waals surface area contributed by atoms with E-state index in [1.54, 1.807) is 22.7 Å². The first-order valence-electron chi connectivity index (χ1n) is 7.96. The SMILES string of the molecule is N#CCN(Cc1csc(-c2cccs2)n1)C1CCCCCC1. The number of thiazole rings is 1. The molecule has 1 aliphatic carbocycles. The first-order chi connectivity index (χ1) is 10.9. The Morgan fingerprint density at radius 1 is 1.23 bits per heavy atom. The predicted molar refractivity (Wildman–Crippen MR) is 92.9 cm³/mol. The number of hydrogen-bond donors (Lipinski definition) is 0. The molecule has 2 aromatic rings.